The number of nitrogens with zero attached hydrogens (tertiary/aromatic N) is 2. The number of carbonyl (C=O) groups is 3. The van der Waals surface area contributed by atoms with Crippen LogP contribution in [-0.2, 0) is 43.7 Å². The van der Waals surface area contributed by atoms with E-state index in [0.29, 0.717) is 33.4 Å². The highest BCUT2D eigenvalue weighted by molar-refractivity contribution is 7.92. The van der Waals surface area contributed by atoms with E-state index in [1.807, 2.05) is 56.3 Å². The van der Waals surface area contributed by atoms with Crippen LogP contribution in [0.3, 0.4) is 0 Å². The van der Waals surface area contributed by atoms with Gasteiger partial charge in [-0.3, -0.25) is 19.3 Å². The van der Waals surface area contributed by atoms with Gasteiger partial charge in [-0.2, -0.15) is 0 Å². The van der Waals surface area contributed by atoms with Crippen molar-refractivity contribution in [1.29, 1.82) is 0 Å². The Morgan fingerprint density at radius 3 is 2.40 bits per heavy atom. The summed E-state index contributed by atoms with van der Waals surface area (Å²) >= 11 is 0. The third kappa shape index (κ3) is 8.30. The molecule has 3 heterocycles. The van der Waals surface area contributed by atoms with Gasteiger partial charge in [0, 0.05) is 17.8 Å². The van der Waals surface area contributed by atoms with E-state index in [4.69, 9.17) is 4.74 Å². The van der Waals surface area contributed by atoms with Crippen molar-refractivity contribution in [1.82, 2.24) is 14.9 Å². The van der Waals surface area contributed by atoms with Crippen molar-refractivity contribution in [2.24, 2.45) is 0 Å². The molecular weight excluding hydrogens is 695 g/mol. The highest BCUT2D eigenvalue weighted by Crippen LogP contribution is 2.31. The first-order valence-electron chi connectivity index (χ1n) is 17.3. The predicted molar refractivity (Wildman–Crippen MR) is 202 cm³/mol. The van der Waals surface area contributed by atoms with Crippen LogP contribution >= 0.6 is 0 Å². The standard InChI is InChI=1S/C40H41N5O7S/c1-24(2)53(50,51)36-15-12-30-18-28(36)10-14-35(46)38(44-31-11-13-34-32(19-31)39(48)42-23-41-34)29-16-25(3)33(26(4)17-29)20-45(21-37(47)43-30)40(49)52-22-27-8-6-5-7-9-27/h5-9,11-13,15-19,23-24,38,44H,10,14,20-22H2,1-4H3,(H,43,47)(H,41,42,48). The van der Waals surface area contributed by atoms with Gasteiger partial charge in [0.05, 0.1) is 33.9 Å². The fraction of sp³-hybridized carbons (Fsp3) is 0.275. The van der Waals surface area contributed by atoms with Crippen molar-refractivity contribution < 1.29 is 27.5 Å². The van der Waals surface area contributed by atoms with Crippen LogP contribution in [0.25, 0.3) is 10.9 Å². The van der Waals surface area contributed by atoms with Crippen LogP contribution in [0.1, 0.15) is 59.7 Å². The Hall–Kier alpha value is -5.82. The van der Waals surface area contributed by atoms with Crippen molar-refractivity contribution >= 4 is 49.9 Å². The summed E-state index contributed by atoms with van der Waals surface area (Å²) in [7, 11) is -3.76. The molecule has 4 bridgehead atoms. The molecule has 0 radical (unpaired) electrons. The van der Waals surface area contributed by atoms with Gasteiger partial charge < -0.3 is 20.4 Å². The van der Waals surface area contributed by atoms with E-state index >= 15 is 0 Å². The molecule has 2 aliphatic rings. The summed E-state index contributed by atoms with van der Waals surface area (Å²) in [6.45, 7) is 6.63. The number of H-pyrrole nitrogens is 1. The van der Waals surface area contributed by atoms with Gasteiger partial charge in [0.25, 0.3) is 5.56 Å². The molecule has 53 heavy (non-hydrogen) atoms. The van der Waals surface area contributed by atoms with E-state index in [1.54, 1.807) is 38.1 Å². The zero-order valence-corrected chi connectivity index (χ0v) is 30.8. The van der Waals surface area contributed by atoms with Gasteiger partial charge in [0.15, 0.2) is 15.6 Å². The number of benzene rings is 4. The van der Waals surface area contributed by atoms with Crippen molar-refractivity contribution in [2.45, 2.75) is 69.9 Å². The topological polar surface area (TPSA) is 168 Å². The van der Waals surface area contributed by atoms with E-state index in [2.05, 4.69) is 20.6 Å². The van der Waals surface area contributed by atoms with Crippen molar-refractivity contribution in [3.8, 4) is 0 Å². The lowest BCUT2D eigenvalue weighted by atomic mass is 9.91. The van der Waals surface area contributed by atoms with Gasteiger partial charge >= 0.3 is 6.09 Å². The van der Waals surface area contributed by atoms with Gasteiger partial charge in [-0.15, -0.1) is 0 Å². The number of anilines is 2. The van der Waals surface area contributed by atoms with Crippen molar-refractivity contribution in [3.05, 3.63) is 129 Å². The molecule has 7 rings (SSSR count). The summed E-state index contributed by atoms with van der Waals surface area (Å²) in [4.78, 5) is 62.1. The van der Waals surface area contributed by atoms with Gasteiger partial charge in [0.2, 0.25) is 5.91 Å². The highest BCUT2D eigenvalue weighted by atomic mass is 32.2. The summed E-state index contributed by atoms with van der Waals surface area (Å²) in [5.41, 5.74) is 5.16. The van der Waals surface area contributed by atoms with Gasteiger partial charge in [0.1, 0.15) is 19.2 Å². The van der Waals surface area contributed by atoms with Crippen molar-refractivity contribution in [3.63, 3.8) is 0 Å². The Morgan fingerprint density at radius 1 is 0.943 bits per heavy atom. The minimum atomic E-state index is -3.76. The average molecular weight is 736 g/mol. The lowest BCUT2D eigenvalue weighted by Gasteiger charge is -2.26. The monoisotopic (exact) mass is 735 g/mol. The molecule has 1 unspecified atom stereocenters. The van der Waals surface area contributed by atoms with E-state index < -0.39 is 33.1 Å². The van der Waals surface area contributed by atoms with Crippen LogP contribution in [0.5, 0.6) is 0 Å². The summed E-state index contributed by atoms with van der Waals surface area (Å²) < 4.78 is 32.6. The van der Waals surface area contributed by atoms with Crippen LogP contribution < -0.4 is 16.2 Å². The number of carbonyl (C=O) groups excluding carboxylic acids is 3. The fourth-order valence-electron chi connectivity index (χ4n) is 6.46. The normalized spacial score (nSPS) is 15.4. The Balaban J connectivity index is 1.43. The molecular formula is C40H41N5O7S. The number of sulfone groups is 1. The lowest BCUT2D eigenvalue weighted by Crippen LogP contribution is -2.38. The van der Waals surface area contributed by atoms with Gasteiger partial charge in [-0.1, -0.05) is 42.5 Å². The van der Waals surface area contributed by atoms with E-state index in [0.717, 1.165) is 22.3 Å². The number of ketones is 1. The number of hydrogen-bond donors (Lipinski definition) is 3. The van der Waals surface area contributed by atoms with Crippen LogP contribution in [-0.4, -0.2) is 52.9 Å². The molecule has 12 nitrogen and oxygen atoms in total. The molecule has 1 aromatic heterocycles. The first kappa shape index (κ1) is 37.0. The lowest BCUT2D eigenvalue weighted by molar-refractivity contribution is -0.120. The second-order valence-corrected chi connectivity index (χ2v) is 16.0. The molecule has 0 saturated heterocycles. The van der Waals surface area contributed by atoms with Gasteiger partial charge in [-0.05, 0) is 104 Å². The maximum absolute atomic E-state index is 14.3. The molecule has 274 valence electrons. The molecule has 0 saturated carbocycles. The average Bonchev–Trinajstić information content (AvgIpc) is 3.13. The minimum Gasteiger partial charge on any atom is -0.445 e. The largest absolute Gasteiger partial charge is 0.445 e. The first-order chi connectivity index (χ1) is 25.3. The molecule has 0 fully saturated rings. The number of nitrogens with one attached hydrogen (secondary N) is 3. The number of amides is 2. The number of hydrogen-bond acceptors (Lipinski definition) is 9. The van der Waals surface area contributed by atoms with Crippen LogP contribution in [0.15, 0.2) is 94.9 Å². The van der Waals surface area contributed by atoms with E-state index in [9.17, 15) is 27.6 Å². The molecule has 3 N–H and O–H groups in total. The number of aryl methyl sites for hydroxylation is 3. The molecule has 4 aromatic carbocycles. The molecule has 2 aliphatic heterocycles. The van der Waals surface area contributed by atoms with Crippen molar-refractivity contribution in [2.75, 3.05) is 17.2 Å². The van der Waals surface area contributed by atoms with Crippen LogP contribution in [0.2, 0.25) is 0 Å². The number of aromatic amines is 1. The van der Waals surface area contributed by atoms with Crippen LogP contribution in [0.4, 0.5) is 16.2 Å². The van der Waals surface area contributed by atoms with Gasteiger partial charge in [-0.25, -0.2) is 18.2 Å². The zero-order chi connectivity index (χ0) is 37.9. The summed E-state index contributed by atoms with van der Waals surface area (Å²) in [5.74, 6) is -0.729. The molecule has 5 aromatic rings. The molecule has 13 heteroatoms. The number of Topliss-reactive ketones (excluding diaryl/α,β-unsaturated/α-hetero) is 1. The number of aromatic nitrogens is 2. The zero-order valence-electron chi connectivity index (χ0n) is 29.9. The second-order valence-electron chi connectivity index (χ2n) is 13.5. The maximum atomic E-state index is 14.3. The first-order valence-corrected chi connectivity index (χ1v) is 18.8. The number of ether oxygens (including phenoxy) is 1. The Bertz CT molecular complexity index is 2350. The highest BCUT2D eigenvalue weighted by Gasteiger charge is 2.28. The smallest absolute Gasteiger partial charge is 0.410 e. The second kappa shape index (κ2) is 15.4. The number of rotatable bonds is 6. The third-order valence-corrected chi connectivity index (χ3v) is 11.6. The summed E-state index contributed by atoms with van der Waals surface area (Å²) in [5, 5.41) is 5.76. The molecule has 1 atom stereocenters. The third-order valence-electron chi connectivity index (χ3n) is 9.38. The maximum Gasteiger partial charge on any atom is 0.410 e. The van der Waals surface area contributed by atoms with E-state index in [1.165, 1.54) is 23.4 Å². The summed E-state index contributed by atoms with van der Waals surface area (Å²) in [6.07, 6.45) is 0.667. The Morgan fingerprint density at radius 2 is 1.68 bits per heavy atom. The molecule has 0 aliphatic carbocycles. The van der Waals surface area contributed by atoms with E-state index in [-0.39, 0.29) is 48.8 Å². The quantitative estimate of drug-likeness (QED) is 0.185. The Kier molecular flexibility index (Phi) is 10.8. The SMILES string of the molecule is Cc1cc2cc(C)c1CN(C(=O)OCc1ccccc1)CC(=O)Nc1ccc(S(=O)(=O)C(C)C)c(c1)CCC(=O)C2Nc1ccc2nc[nH]c(=O)c2c1. The molecule has 0 spiro atoms. The molecule has 2 amide bonds. The predicted octanol–water partition coefficient (Wildman–Crippen LogP) is 6.17. The Labute approximate surface area is 307 Å². The van der Waals surface area contributed by atoms with Crippen LogP contribution in [0, 0.1) is 13.8 Å². The minimum absolute atomic E-state index is 0.00993. The fourth-order valence-corrected chi connectivity index (χ4v) is 7.76. The number of fused-ring (bicyclic) bond motifs is 10. The summed E-state index contributed by atoms with van der Waals surface area (Å²) in [6, 6.07) is 21.6.